The highest BCUT2D eigenvalue weighted by atomic mass is 35.5. The number of aryl methyl sites for hydroxylation is 1. The van der Waals surface area contributed by atoms with Gasteiger partial charge >= 0.3 is 0 Å². The molecule has 3 N–H and O–H groups in total. The van der Waals surface area contributed by atoms with Gasteiger partial charge in [-0.05, 0) is 80.6 Å². The quantitative estimate of drug-likeness (QED) is 0.432. The van der Waals surface area contributed by atoms with Crippen LogP contribution in [0.15, 0.2) is 52.3 Å². The zero-order valence-electron chi connectivity index (χ0n) is 18.0. The predicted molar refractivity (Wildman–Crippen MR) is 137 cm³/mol. The van der Waals surface area contributed by atoms with Gasteiger partial charge in [-0.2, -0.15) is 5.10 Å². The Labute approximate surface area is 209 Å². The number of H-pyrrole nitrogens is 1. The van der Waals surface area contributed by atoms with E-state index in [0.717, 1.165) is 65.8 Å². The van der Waals surface area contributed by atoms with E-state index >= 15 is 0 Å². The molecule has 0 spiro atoms. The number of nitrogens with zero attached hydrogens (tertiary/aromatic N) is 1. The molecule has 1 fully saturated rings. The Morgan fingerprint density at radius 2 is 1.91 bits per heavy atom. The molecule has 3 aromatic rings. The Bertz CT molecular complexity index is 1130. The van der Waals surface area contributed by atoms with Gasteiger partial charge in [0.05, 0.1) is 16.1 Å². The third-order valence-electron chi connectivity index (χ3n) is 6.22. The molecule has 0 bridgehead atoms. The third-order valence-corrected chi connectivity index (χ3v) is 7.30. The van der Waals surface area contributed by atoms with E-state index in [1.165, 1.54) is 23.9 Å². The predicted octanol–water partition coefficient (Wildman–Crippen LogP) is 5.11. The maximum absolute atomic E-state index is 13.3. The fourth-order valence-corrected chi connectivity index (χ4v) is 5.55. The highest BCUT2D eigenvalue weighted by molar-refractivity contribution is 8.04. The molecule has 0 aliphatic carbocycles. The molecule has 5 nitrogen and oxygen atoms in total. The first-order valence-electron chi connectivity index (χ1n) is 10.8. The number of carbonyl (C=O) groups is 1. The lowest BCUT2D eigenvalue weighted by atomic mass is 9.86. The largest absolute Gasteiger partial charge is 0.349 e. The summed E-state index contributed by atoms with van der Waals surface area (Å²) in [6, 6.07) is 12.7. The Morgan fingerprint density at radius 1 is 1.15 bits per heavy atom. The van der Waals surface area contributed by atoms with Crippen LogP contribution in [0.2, 0.25) is 0 Å². The standard InChI is InChI=1S/C24H25FN4OS.2ClH/c25-17-7-4-15(5-8-17)6-9-18(16-10-12-26-13-11-16)27-24(30)22-14-20-23-19(28-29-20)2-1-3-21(23)31-22;;/h1-5,7-8,14,16,18,26H,6,9-13H2,(H,27,30)(H,28,29);2*1H. The number of carbonyl (C=O) groups excluding carboxylic acids is 1. The summed E-state index contributed by atoms with van der Waals surface area (Å²) in [6.07, 6.45) is 5.65. The molecule has 1 aromatic heterocycles. The number of hydrogen-bond acceptors (Lipinski definition) is 4. The molecule has 1 saturated heterocycles. The van der Waals surface area contributed by atoms with E-state index in [2.05, 4.69) is 20.8 Å². The summed E-state index contributed by atoms with van der Waals surface area (Å²) in [7, 11) is 0. The Hall–Kier alpha value is -2.06. The third kappa shape index (κ3) is 5.72. The topological polar surface area (TPSA) is 69.8 Å². The molecule has 176 valence electrons. The molecule has 2 aliphatic rings. The van der Waals surface area contributed by atoms with Crippen molar-refractivity contribution in [2.45, 2.75) is 36.6 Å². The highest BCUT2D eigenvalue weighted by Crippen LogP contribution is 2.40. The molecule has 9 heteroatoms. The number of halogens is 3. The van der Waals surface area contributed by atoms with E-state index < -0.39 is 0 Å². The zero-order valence-corrected chi connectivity index (χ0v) is 20.4. The second kappa shape index (κ2) is 11.4. The lowest BCUT2D eigenvalue weighted by molar-refractivity contribution is -0.117. The van der Waals surface area contributed by atoms with Crippen LogP contribution in [-0.4, -0.2) is 35.2 Å². The molecule has 0 radical (unpaired) electrons. The van der Waals surface area contributed by atoms with Crippen molar-refractivity contribution >= 4 is 59.5 Å². The normalized spacial score (nSPS) is 16.3. The molecule has 33 heavy (non-hydrogen) atoms. The molecule has 2 aliphatic heterocycles. The SMILES string of the molecule is Cl.Cl.O=C(NC(CCc1ccc(F)cc1)C1CCNCC1)C1=Cc2[nH]nc3cccc(c23)S1. The molecular weight excluding hydrogens is 482 g/mol. The fraction of sp³-hybridized carbons (Fsp3) is 0.333. The van der Waals surface area contributed by atoms with Crippen molar-refractivity contribution in [3.8, 4) is 0 Å². The van der Waals surface area contributed by atoms with Crippen LogP contribution < -0.4 is 10.6 Å². The summed E-state index contributed by atoms with van der Waals surface area (Å²) >= 11 is 1.50. The van der Waals surface area contributed by atoms with Gasteiger partial charge < -0.3 is 10.6 Å². The van der Waals surface area contributed by atoms with Crippen LogP contribution in [0.1, 0.15) is 30.5 Å². The van der Waals surface area contributed by atoms with Gasteiger partial charge in [-0.3, -0.25) is 9.89 Å². The minimum Gasteiger partial charge on any atom is -0.349 e. The molecular formula is C24H27Cl2FN4OS. The first kappa shape index (κ1) is 25.6. The molecule has 1 atom stereocenters. The summed E-state index contributed by atoms with van der Waals surface area (Å²) in [4.78, 5) is 15.0. The molecule has 2 aromatic carbocycles. The van der Waals surface area contributed by atoms with Crippen molar-refractivity contribution < 1.29 is 9.18 Å². The van der Waals surface area contributed by atoms with Gasteiger partial charge in [0.15, 0.2) is 0 Å². The van der Waals surface area contributed by atoms with Crippen LogP contribution in [0.4, 0.5) is 4.39 Å². The fourth-order valence-electron chi connectivity index (χ4n) is 4.53. The highest BCUT2D eigenvalue weighted by Gasteiger charge is 2.28. The van der Waals surface area contributed by atoms with Crippen molar-refractivity contribution in [2.24, 2.45) is 5.92 Å². The Balaban J connectivity index is 0.00000153. The van der Waals surface area contributed by atoms with Crippen LogP contribution >= 0.6 is 36.6 Å². The van der Waals surface area contributed by atoms with Gasteiger partial charge in [-0.1, -0.05) is 30.0 Å². The minimum atomic E-state index is -0.221. The Morgan fingerprint density at radius 3 is 2.67 bits per heavy atom. The van der Waals surface area contributed by atoms with E-state index in [1.54, 1.807) is 0 Å². The van der Waals surface area contributed by atoms with Gasteiger partial charge in [0.2, 0.25) is 0 Å². The number of rotatable bonds is 6. The number of amides is 1. The summed E-state index contributed by atoms with van der Waals surface area (Å²) in [5.41, 5.74) is 2.90. The van der Waals surface area contributed by atoms with E-state index in [9.17, 15) is 9.18 Å². The van der Waals surface area contributed by atoms with Crippen molar-refractivity contribution in [3.05, 3.63) is 64.4 Å². The summed E-state index contributed by atoms with van der Waals surface area (Å²) < 4.78 is 13.2. The van der Waals surface area contributed by atoms with Gasteiger partial charge in [-0.25, -0.2) is 4.39 Å². The average Bonchev–Trinajstić information content (AvgIpc) is 3.23. The van der Waals surface area contributed by atoms with Crippen molar-refractivity contribution in [3.63, 3.8) is 0 Å². The van der Waals surface area contributed by atoms with Crippen molar-refractivity contribution in [1.82, 2.24) is 20.8 Å². The van der Waals surface area contributed by atoms with Crippen LogP contribution in [0.3, 0.4) is 0 Å². The summed E-state index contributed by atoms with van der Waals surface area (Å²) in [6.45, 7) is 1.95. The number of hydrogen-bond donors (Lipinski definition) is 3. The lowest BCUT2D eigenvalue weighted by Gasteiger charge is -2.32. The van der Waals surface area contributed by atoms with Crippen LogP contribution in [0.5, 0.6) is 0 Å². The summed E-state index contributed by atoms with van der Waals surface area (Å²) in [5.74, 6) is 0.178. The van der Waals surface area contributed by atoms with Gasteiger partial charge in [0.25, 0.3) is 5.91 Å². The maximum atomic E-state index is 13.3. The first-order valence-corrected chi connectivity index (χ1v) is 11.6. The zero-order chi connectivity index (χ0) is 21.2. The van der Waals surface area contributed by atoms with Crippen molar-refractivity contribution in [1.29, 1.82) is 0 Å². The molecule has 0 saturated carbocycles. The maximum Gasteiger partial charge on any atom is 0.258 e. The van der Waals surface area contributed by atoms with Gasteiger partial charge in [0, 0.05) is 16.3 Å². The monoisotopic (exact) mass is 508 g/mol. The van der Waals surface area contributed by atoms with E-state index in [0.29, 0.717) is 10.8 Å². The second-order valence-corrected chi connectivity index (χ2v) is 9.31. The van der Waals surface area contributed by atoms with Crippen LogP contribution in [0.25, 0.3) is 17.0 Å². The van der Waals surface area contributed by atoms with Crippen LogP contribution in [0, 0.1) is 11.7 Å². The number of aromatic nitrogens is 2. The smallest absolute Gasteiger partial charge is 0.258 e. The number of benzene rings is 2. The molecule has 3 heterocycles. The average molecular weight is 509 g/mol. The van der Waals surface area contributed by atoms with Gasteiger partial charge in [-0.15, -0.1) is 24.8 Å². The molecule has 1 amide bonds. The number of nitrogens with one attached hydrogen (secondary N) is 3. The molecule has 1 unspecified atom stereocenters. The number of piperidine rings is 1. The summed E-state index contributed by atoms with van der Waals surface area (Å²) in [5, 5.41) is 15.2. The molecule has 5 rings (SSSR count). The van der Waals surface area contributed by atoms with Gasteiger partial charge in [0.1, 0.15) is 5.82 Å². The van der Waals surface area contributed by atoms with E-state index in [-0.39, 0.29) is 42.6 Å². The second-order valence-electron chi connectivity index (χ2n) is 8.23. The van der Waals surface area contributed by atoms with E-state index in [1.807, 2.05) is 36.4 Å². The first-order chi connectivity index (χ1) is 15.2. The van der Waals surface area contributed by atoms with E-state index in [4.69, 9.17) is 0 Å². The van der Waals surface area contributed by atoms with Crippen LogP contribution in [-0.2, 0) is 11.2 Å². The number of thioether (sulfide) groups is 1. The number of aromatic amines is 1. The minimum absolute atomic E-state index is 0. The Kier molecular flexibility index (Phi) is 8.82. The van der Waals surface area contributed by atoms with Crippen molar-refractivity contribution in [2.75, 3.05) is 13.1 Å². The lowest BCUT2D eigenvalue weighted by Crippen LogP contribution is -2.45.